The molecule has 32 heavy (non-hydrogen) atoms. The van der Waals surface area contributed by atoms with Crippen LogP contribution in [0.3, 0.4) is 0 Å². The van der Waals surface area contributed by atoms with Crippen molar-refractivity contribution in [1.82, 2.24) is 9.78 Å². The van der Waals surface area contributed by atoms with Gasteiger partial charge in [0.05, 0.1) is 11.1 Å². The number of alkyl halides is 6. The van der Waals surface area contributed by atoms with E-state index in [0.29, 0.717) is 28.7 Å². The van der Waals surface area contributed by atoms with Gasteiger partial charge in [0.25, 0.3) is 0 Å². The van der Waals surface area contributed by atoms with Crippen LogP contribution in [0.5, 0.6) is 0 Å². The molecule has 0 saturated heterocycles. The predicted molar refractivity (Wildman–Crippen MR) is 101 cm³/mol. The van der Waals surface area contributed by atoms with Crippen LogP contribution < -0.4 is 5.32 Å². The number of hydrogen-bond acceptors (Lipinski definition) is 2. The second-order valence-corrected chi connectivity index (χ2v) is 8.52. The number of nitrogens with zero attached hydrogens (tertiary/aromatic N) is 2. The largest absolute Gasteiger partial charge is 0.408 e. The molecule has 0 spiro atoms. The molecule has 2 aromatic rings. The number of hydrogen-bond donors (Lipinski definition) is 1. The highest BCUT2D eigenvalue weighted by Crippen LogP contribution is 2.60. The Labute approximate surface area is 178 Å². The molecule has 2 aliphatic rings. The van der Waals surface area contributed by atoms with Gasteiger partial charge >= 0.3 is 12.4 Å². The Morgan fingerprint density at radius 1 is 1.09 bits per heavy atom. The highest BCUT2D eigenvalue weighted by Gasteiger charge is 2.63. The van der Waals surface area contributed by atoms with E-state index in [-0.39, 0.29) is 30.3 Å². The van der Waals surface area contributed by atoms with Gasteiger partial charge in [0.1, 0.15) is 18.2 Å². The molecule has 1 amide bonds. The normalized spacial score (nSPS) is 18.3. The molecule has 1 aromatic carbocycles. The van der Waals surface area contributed by atoms with Crippen LogP contribution in [-0.2, 0) is 11.3 Å². The van der Waals surface area contributed by atoms with E-state index in [1.807, 2.05) is 0 Å². The fourth-order valence-corrected chi connectivity index (χ4v) is 3.99. The Balaban J connectivity index is 1.73. The second-order valence-electron chi connectivity index (χ2n) is 8.52. The number of rotatable bonds is 6. The number of amides is 1. The molecule has 2 saturated carbocycles. The minimum atomic E-state index is -4.67. The third-order valence-electron chi connectivity index (χ3n) is 6.16. The van der Waals surface area contributed by atoms with Gasteiger partial charge in [-0.2, -0.15) is 31.4 Å². The first-order valence-electron chi connectivity index (χ1n) is 10.2. The third-order valence-corrected chi connectivity index (χ3v) is 6.16. The highest BCUT2D eigenvalue weighted by molar-refractivity contribution is 5.92. The van der Waals surface area contributed by atoms with Crippen LogP contribution in [0.1, 0.15) is 50.0 Å². The SMILES string of the molecule is O=C(CC1(C(F)(F)F)CC1)Nc1c(C2CCC2)c(-c2ccc(F)cc2)nn1CC(F)(F)F. The van der Waals surface area contributed by atoms with Gasteiger partial charge in [0.15, 0.2) is 0 Å². The lowest BCUT2D eigenvalue weighted by Crippen LogP contribution is -2.31. The van der Waals surface area contributed by atoms with Gasteiger partial charge in [-0.05, 0) is 55.9 Å². The fraction of sp³-hybridized carbons (Fsp3) is 0.524. The van der Waals surface area contributed by atoms with E-state index in [1.54, 1.807) is 0 Å². The molecule has 174 valence electrons. The van der Waals surface area contributed by atoms with Crippen molar-refractivity contribution in [1.29, 1.82) is 0 Å². The van der Waals surface area contributed by atoms with E-state index in [4.69, 9.17) is 0 Å². The van der Waals surface area contributed by atoms with Crippen molar-refractivity contribution in [2.75, 3.05) is 5.32 Å². The number of nitrogens with one attached hydrogen (secondary N) is 1. The number of carbonyl (C=O) groups excluding carboxylic acids is 1. The molecule has 4 rings (SSSR count). The van der Waals surface area contributed by atoms with Gasteiger partial charge in [-0.3, -0.25) is 4.79 Å². The quantitative estimate of drug-likeness (QED) is 0.520. The summed E-state index contributed by atoms with van der Waals surface area (Å²) in [6.07, 6.45) is -8.38. The molecule has 2 aliphatic carbocycles. The first kappa shape index (κ1) is 22.6. The summed E-state index contributed by atoms with van der Waals surface area (Å²) >= 11 is 0. The van der Waals surface area contributed by atoms with Crippen molar-refractivity contribution in [3.8, 4) is 11.3 Å². The fourth-order valence-electron chi connectivity index (χ4n) is 3.99. The molecule has 1 aromatic heterocycles. The summed E-state index contributed by atoms with van der Waals surface area (Å²) in [6.45, 7) is -1.52. The first-order chi connectivity index (χ1) is 14.9. The predicted octanol–water partition coefficient (Wildman–Crippen LogP) is 6.19. The maximum absolute atomic E-state index is 13.4. The Hall–Kier alpha value is -2.59. The topological polar surface area (TPSA) is 46.9 Å². The van der Waals surface area contributed by atoms with Crippen LogP contribution in [0.25, 0.3) is 11.3 Å². The summed E-state index contributed by atoms with van der Waals surface area (Å²) in [7, 11) is 0. The van der Waals surface area contributed by atoms with Gasteiger partial charge in [0.2, 0.25) is 5.91 Å². The minimum absolute atomic E-state index is 0.159. The summed E-state index contributed by atoms with van der Waals surface area (Å²) in [5.41, 5.74) is -1.26. The number of aromatic nitrogens is 2. The number of carbonyl (C=O) groups is 1. The van der Waals surface area contributed by atoms with E-state index in [1.165, 1.54) is 12.1 Å². The van der Waals surface area contributed by atoms with E-state index in [2.05, 4.69) is 10.4 Å². The number of anilines is 1. The Kier molecular flexibility index (Phi) is 5.49. The molecule has 0 unspecified atom stereocenters. The zero-order valence-electron chi connectivity index (χ0n) is 16.8. The molecule has 0 aliphatic heterocycles. The Morgan fingerprint density at radius 3 is 2.19 bits per heavy atom. The lowest BCUT2D eigenvalue weighted by Gasteiger charge is -2.27. The van der Waals surface area contributed by atoms with E-state index < -0.39 is 42.5 Å². The Morgan fingerprint density at radius 2 is 1.72 bits per heavy atom. The molecular formula is C21H20F7N3O. The summed E-state index contributed by atoms with van der Waals surface area (Å²) in [5, 5.41) is 6.36. The minimum Gasteiger partial charge on any atom is -0.311 e. The van der Waals surface area contributed by atoms with E-state index in [9.17, 15) is 35.5 Å². The summed E-state index contributed by atoms with van der Waals surface area (Å²) in [5.74, 6) is -1.99. The zero-order chi connectivity index (χ0) is 23.3. The standard InChI is InChI=1S/C21H20F7N3O/c22-14-6-4-13(5-7-14)17-16(12-2-1-3-12)18(31(30-17)11-20(23,24)25)29-15(32)10-19(8-9-19)21(26,27)28/h4-7,12H,1-3,8-11H2,(H,29,32). The zero-order valence-corrected chi connectivity index (χ0v) is 16.8. The first-order valence-corrected chi connectivity index (χ1v) is 10.2. The molecule has 1 N–H and O–H groups in total. The molecule has 0 atom stereocenters. The van der Waals surface area contributed by atoms with E-state index in [0.717, 1.165) is 18.6 Å². The van der Waals surface area contributed by atoms with Crippen molar-refractivity contribution in [2.45, 2.75) is 63.3 Å². The summed E-state index contributed by atoms with van der Waals surface area (Å²) in [6, 6.07) is 5.01. The average Bonchev–Trinajstić information content (AvgIpc) is 3.34. The molecule has 2 fully saturated rings. The summed E-state index contributed by atoms with van der Waals surface area (Å²) in [4.78, 5) is 12.5. The van der Waals surface area contributed by atoms with Crippen LogP contribution >= 0.6 is 0 Å². The molecular weight excluding hydrogens is 443 g/mol. The van der Waals surface area contributed by atoms with Crippen molar-refractivity contribution < 1.29 is 35.5 Å². The van der Waals surface area contributed by atoms with Crippen molar-refractivity contribution in [3.05, 3.63) is 35.6 Å². The third kappa shape index (κ3) is 4.47. The second kappa shape index (κ2) is 7.77. The molecule has 0 bridgehead atoms. The number of halogens is 7. The average molecular weight is 463 g/mol. The van der Waals surface area contributed by atoms with Crippen LogP contribution in [-0.4, -0.2) is 28.0 Å². The molecule has 0 radical (unpaired) electrons. The number of benzene rings is 1. The van der Waals surface area contributed by atoms with Crippen molar-refractivity contribution >= 4 is 11.7 Å². The van der Waals surface area contributed by atoms with Crippen molar-refractivity contribution in [2.24, 2.45) is 5.41 Å². The van der Waals surface area contributed by atoms with Crippen LogP contribution in [0, 0.1) is 11.2 Å². The van der Waals surface area contributed by atoms with Gasteiger partial charge in [-0.1, -0.05) is 6.42 Å². The molecule has 4 nitrogen and oxygen atoms in total. The lowest BCUT2D eigenvalue weighted by atomic mass is 9.79. The van der Waals surface area contributed by atoms with Gasteiger partial charge < -0.3 is 5.32 Å². The maximum Gasteiger partial charge on any atom is 0.408 e. The van der Waals surface area contributed by atoms with Gasteiger partial charge in [-0.25, -0.2) is 9.07 Å². The maximum atomic E-state index is 13.4. The van der Waals surface area contributed by atoms with Crippen molar-refractivity contribution in [3.63, 3.8) is 0 Å². The summed E-state index contributed by atoms with van der Waals surface area (Å²) < 4.78 is 93.3. The van der Waals surface area contributed by atoms with Crippen LogP contribution in [0.4, 0.5) is 36.6 Å². The molecule has 1 heterocycles. The molecule has 11 heteroatoms. The van der Waals surface area contributed by atoms with Crippen LogP contribution in [0.2, 0.25) is 0 Å². The smallest absolute Gasteiger partial charge is 0.311 e. The lowest BCUT2D eigenvalue weighted by molar-refractivity contribution is -0.189. The monoisotopic (exact) mass is 463 g/mol. The van der Waals surface area contributed by atoms with Gasteiger partial charge in [0, 0.05) is 17.5 Å². The Bertz CT molecular complexity index is 1000. The van der Waals surface area contributed by atoms with Gasteiger partial charge in [-0.15, -0.1) is 0 Å². The van der Waals surface area contributed by atoms with E-state index >= 15 is 0 Å². The highest BCUT2D eigenvalue weighted by atomic mass is 19.4. The van der Waals surface area contributed by atoms with Crippen LogP contribution in [0.15, 0.2) is 24.3 Å².